The van der Waals surface area contributed by atoms with Crippen molar-refractivity contribution in [1.82, 2.24) is 4.98 Å². The smallest absolute Gasteiger partial charge is 0.274 e. The van der Waals surface area contributed by atoms with Crippen LogP contribution in [0.5, 0.6) is 0 Å². The van der Waals surface area contributed by atoms with Gasteiger partial charge < -0.3 is 11.1 Å². The van der Waals surface area contributed by atoms with Gasteiger partial charge in [0, 0.05) is 34.7 Å². The fraction of sp³-hybridized carbons (Fsp3) is 0.263. The molecule has 2 aliphatic rings. The first-order valence-corrected chi connectivity index (χ1v) is 9.39. The van der Waals surface area contributed by atoms with E-state index in [9.17, 15) is 13.6 Å². The van der Waals surface area contributed by atoms with E-state index in [1.54, 1.807) is 6.92 Å². The number of carbonyl (C=O) groups excluding carboxylic acids is 1. The van der Waals surface area contributed by atoms with Crippen molar-refractivity contribution in [2.45, 2.75) is 24.1 Å². The van der Waals surface area contributed by atoms with Gasteiger partial charge in [0.25, 0.3) is 5.91 Å². The molecule has 1 fully saturated rings. The maximum absolute atomic E-state index is 14.6. The highest BCUT2D eigenvalue weighted by molar-refractivity contribution is 8.14. The van der Waals surface area contributed by atoms with Crippen LogP contribution in [0.25, 0.3) is 0 Å². The third-order valence-corrected chi connectivity index (χ3v) is 6.18. The van der Waals surface area contributed by atoms with E-state index >= 15 is 0 Å². The fourth-order valence-corrected chi connectivity index (χ4v) is 4.75. The molecule has 9 heteroatoms. The van der Waals surface area contributed by atoms with Crippen LogP contribution in [0.1, 0.15) is 35.0 Å². The second-order valence-electron chi connectivity index (χ2n) is 6.91. The molecule has 1 amide bonds. The molecule has 4 rings (SSSR count). The molecular weight excluding hydrogens is 384 g/mol. The number of halogens is 2. The number of hydrogen-bond donors (Lipinski definition) is 2. The molecule has 2 heterocycles. The van der Waals surface area contributed by atoms with Gasteiger partial charge in [-0.15, -0.1) is 0 Å². The number of rotatable bonds is 3. The van der Waals surface area contributed by atoms with Crippen LogP contribution < -0.4 is 11.1 Å². The van der Waals surface area contributed by atoms with Gasteiger partial charge in [0.2, 0.25) is 0 Å². The first kappa shape index (κ1) is 18.4. The number of aromatic nitrogens is 1. The summed E-state index contributed by atoms with van der Waals surface area (Å²) in [5.74, 6) is -2.61. The molecule has 6 nitrogen and oxygen atoms in total. The maximum atomic E-state index is 14.6. The number of nitriles is 1. The summed E-state index contributed by atoms with van der Waals surface area (Å²) >= 11 is 1.45. The zero-order valence-corrected chi connectivity index (χ0v) is 15.6. The number of nitrogens with two attached hydrogens (primary N) is 1. The van der Waals surface area contributed by atoms with Crippen molar-refractivity contribution in [3.8, 4) is 6.07 Å². The Balaban J connectivity index is 1.67. The van der Waals surface area contributed by atoms with Crippen molar-refractivity contribution in [3.63, 3.8) is 0 Å². The predicted molar refractivity (Wildman–Crippen MR) is 102 cm³/mol. The van der Waals surface area contributed by atoms with Crippen LogP contribution in [0.3, 0.4) is 0 Å². The number of thioether (sulfide) groups is 1. The normalized spacial score (nSPS) is 25.3. The van der Waals surface area contributed by atoms with Gasteiger partial charge in [-0.05, 0) is 31.5 Å². The minimum Gasteiger partial charge on any atom is -0.379 e. The third-order valence-electron chi connectivity index (χ3n) is 5.03. The van der Waals surface area contributed by atoms with Gasteiger partial charge in [-0.2, -0.15) is 5.26 Å². The van der Waals surface area contributed by atoms with Crippen LogP contribution in [0, 0.1) is 28.9 Å². The zero-order chi connectivity index (χ0) is 20.1. The second kappa shape index (κ2) is 6.56. The van der Waals surface area contributed by atoms with Gasteiger partial charge in [0.05, 0.1) is 11.1 Å². The summed E-state index contributed by atoms with van der Waals surface area (Å²) < 4.78 is 28.9. The number of pyridine rings is 1. The van der Waals surface area contributed by atoms with E-state index in [1.807, 2.05) is 6.07 Å². The molecule has 2 aromatic rings. The Hall–Kier alpha value is -2.99. The van der Waals surface area contributed by atoms with Crippen molar-refractivity contribution < 1.29 is 13.6 Å². The molecule has 0 spiro atoms. The van der Waals surface area contributed by atoms with E-state index in [-0.39, 0.29) is 28.1 Å². The number of fused-ring (bicyclic) bond motifs is 1. The number of nitrogens with zero attached hydrogens (tertiary/aromatic N) is 3. The lowest BCUT2D eigenvalue weighted by molar-refractivity contribution is 0.102. The SMILES string of the molecule is C[C@]1(c2cc(NC(=O)c3ccc(C#N)cn3)cc(F)c2F)N=C(N)SC2C[C@H]21. The van der Waals surface area contributed by atoms with Gasteiger partial charge >= 0.3 is 0 Å². The monoisotopic (exact) mass is 399 g/mol. The summed E-state index contributed by atoms with van der Waals surface area (Å²) in [6, 6.07) is 7.04. The summed E-state index contributed by atoms with van der Waals surface area (Å²) in [5, 5.41) is 11.9. The third kappa shape index (κ3) is 3.10. The van der Waals surface area contributed by atoms with Crippen molar-refractivity contribution in [1.29, 1.82) is 5.26 Å². The standard InChI is InChI=1S/C19H15F2N5OS/c1-19(11-6-15(11)28-18(23)26-19)12-4-10(5-13(20)16(12)21)25-17(27)14-3-2-9(7-22)8-24-14/h2-5,8,11,15H,6H2,1H3,(H2,23,26)(H,25,27)/t11-,15?,19+/m1/s1. The number of anilines is 1. The van der Waals surface area contributed by atoms with Crippen molar-refractivity contribution >= 4 is 28.5 Å². The number of nitrogens with one attached hydrogen (secondary N) is 1. The molecule has 3 N–H and O–H groups in total. The van der Waals surface area contributed by atoms with Gasteiger partial charge in [-0.1, -0.05) is 11.8 Å². The first-order chi connectivity index (χ1) is 13.3. The van der Waals surface area contributed by atoms with Crippen LogP contribution in [0.15, 0.2) is 35.5 Å². The number of carbonyl (C=O) groups is 1. The summed E-state index contributed by atoms with van der Waals surface area (Å²) in [5.41, 5.74) is 5.39. The maximum Gasteiger partial charge on any atom is 0.274 e. The van der Waals surface area contributed by atoms with E-state index < -0.39 is 23.1 Å². The largest absolute Gasteiger partial charge is 0.379 e. The average molecular weight is 399 g/mol. The first-order valence-electron chi connectivity index (χ1n) is 8.51. The van der Waals surface area contributed by atoms with Crippen molar-refractivity contribution in [2.24, 2.45) is 16.6 Å². The number of benzene rings is 1. The van der Waals surface area contributed by atoms with Crippen LogP contribution in [-0.2, 0) is 5.54 Å². The summed E-state index contributed by atoms with van der Waals surface area (Å²) in [4.78, 5) is 20.7. The molecule has 1 aliphatic carbocycles. The topological polar surface area (TPSA) is 104 Å². The molecule has 1 aromatic carbocycles. The van der Waals surface area contributed by atoms with Crippen LogP contribution >= 0.6 is 11.8 Å². The molecule has 0 saturated heterocycles. The average Bonchev–Trinajstić information content (AvgIpc) is 3.44. The van der Waals surface area contributed by atoms with Crippen LogP contribution in [-0.4, -0.2) is 21.3 Å². The summed E-state index contributed by atoms with van der Waals surface area (Å²) in [6.07, 6.45) is 2.08. The summed E-state index contributed by atoms with van der Waals surface area (Å²) in [7, 11) is 0. The Kier molecular flexibility index (Phi) is 4.31. The van der Waals surface area contributed by atoms with Crippen molar-refractivity contribution in [3.05, 3.63) is 58.9 Å². The number of hydrogen-bond acceptors (Lipinski definition) is 6. The van der Waals surface area contributed by atoms with E-state index in [1.165, 1.54) is 36.2 Å². The Labute approximate surface area is 163 Å². The number of amides is 1. The lowest BCUT2D eigenvalue weighted by atomic mass is 9.86. The summed E-state index contributed by atoms with van der Waals surface area (Å²) in [6.45, 7) is 1.73. The Morgan fingerprint density at radius 1 is 1.43 bits per heavy atom. The quantitative estimate of drug-likeness (QED) is 0.825. The fourth-order valence-electron chi connectivity index (χ4n) is 3.47. The Bertz CT molecular complexity index is 1050. The van der Waals surface area contributed by atoms with E-state index in [0.717, 1.165) is 12.5 Å². The molecule has 1 aromatic heterocycles. The lowest BCUT2D eigenvalue weighted by Gasteiger charge is -2.30. The Morgan fingerprint density at radius 2 is 2.21 bits per heavy atom. The molecule has 0 radical (unpaired) electrons. The Morgan fingerprint density at radius 3 is 2.89 bits per heavy atom. The second-order valence-corrected chi connectivity index (χ2v) is 8.17. The van der Waals surface area contributed by atoms with E-state index in [2.05, 4.69) is 15.3 Å². The minimum absolute atomic E-state index is 0.0510. The van der Waals surface area contributed by atoms with Gasteiger partial charge in [-0.3, -0.25) is 9.79 Å². The highest BCUT2D eigenvalue weighted by atomic mass is 32.2. The van der Waals surface area contributed by atoms with Crippen LogP contribution in [0.2, 0.25) is 0 Å². The molecule has 1 saturated carbocycles. The number of aliphatic imine (C=N–C) groups is 1. The van der Waals surface area contributed by atoms with E-state index in [0.29, 0.717) is 10.7 Å². The zero-order valence-electron chi connectivity index (χ0n) is 14.7. The van der Waals surface area contributed by atoms with Gasteiger partial charge in [0.15, 0.2) is 16.8 Å². The molecule has 142 valence electrons. The number of amidine groups is 1. The molecule has 3 atom stereocenters. The highest BCUT2D eigenvalue weighted by Crippen LogP contribution is 2.57. The minimum atomic E-state index is -1.08. The molecular formula is C19H15F2N5OS. The predicted octanol–water partition coefficient (Wildman–Crippen LogP) is 3.15. The molecule has 1 unspecified atom stereocenters. The lowest BCUT2D eigenvalue weighted by Crippen LogP contribution is -2.32. The van der Waals surface area contributed by atoms with Gasteiger partial charge in [-0.25, -0.2) is 13.8 Å². The van der Waals surface area contributed by atoms with Crippen molar-refractivity contribution in [2.75, 3.05) is 5.32 Å². The molecule has 1 aliphatic heterocycles. The molecule has 0 bridgehead atoms. The highest BCUT2D eigenvalue weighted by Gasteiger charge is 2.56. The van der Waals surface area contributed by atoms with E-state index in [4.69, 9.17) is 11.0 Å². The molecule has 28 heavy (non-hydrogen) atoms. The van der Waals surface area contributed by atoms with Crippen LogP contribution in [0.4, 0.5) is 14.5 Å². The van der Waals surface area contributed by atoms with Gasteiger partial charge in [0.1, 0.15) is 11.8 Å².